The maximum atomic E-state index is 8.90. The summed E-state index contributed by atoms with van der Waals surface area (Å²) in [7, 11) is 0. The van der Waals surface area contributed by atoms with Crippen molar-refractivity contribution in [3.8, 4) is 0 Å². The Morgan fingerprint density at radius 3 is 2.47 bits per heavy atom. The predicted molar refractivity (Wildman–Crippen MR) is 78.1 cm³/mol. The molecular weight excluding hydrogens is 236 g/mol. The average Bonchev–Trinajstić information content (AvgIpc) is 3.26. The lowest BCUT2D eigenvalue weighted by molar-refractivity contribution is 0.127. The molecule has 0 spiro atoms. The molecule has 3 fully saturated rings. The summed E-state index contributed by atoms with van der Waals surface area (Å²) in [5.74, 6) is 2.99. The van der Waals surface area contributed by atoms with Gasteiger partial charge in [-0.05, 0) is 56.4 Å². The van der Waals surface area contributed by atoms with Crippen molar-refractivity contribution in [2.75, 3.05) is 32.8 Å². The third-order valence-corrected chi connectivity index (χ3v) is 4.96. The van der Waals surface area contributed by atoms with Crippen LogP contribution in [0.4, 0.5) is 0 Å². The number of nitrogens with zero attached hydrogens (tertiary/aromatic N) is 1. The Morgan fingerprint density at radius 1 is 1.00 bits per heavy atom. The summed E-state index contributed by atoms with van der Waals surface area (Å²) < 4.78 is 0. The van der Waals surface area contributed by atoms with Crippen LogP contribution in [-0.2, 0) is 0 Å². The van der Waals surface area contributed by atoms with Crippen molar-refractivity contribution < 1.29 is 5.11 Å². The van der Waals surface area contributed by atoms with Gasteiger partial charge in [0.25, 0.3) is 0 Å². The molecule has 2 saturated carbocycles. The molecule has 0 aromatic heterocycles. The van der Waals surface area contributed by atoms with E-state index in [-0.39, 0.29) is 0 Å². The van der Waals surface area contributed by atoms with Crippen LogP contribution in [0.15, 0.2) is 0 Å². The molecule has 2 aliphatic carbocycles. The second-order valence-corrected chi connectivity index (χ2v) is 7.17. The van der Waals surface area contributed by atoms with Crippen molar-refractivity contribution >= 4 is 0 Å². The number of nitrogens with one attached hydrogen (secondary N) is 1. The maximum absolute atomic E-state index is 8.90. The first-order chi connectivity index (χ1) is 9.33. The van der Waals surface area contributed by atoms with E-state index in [1.807, 2.05) is 0 Å². The van der Waals surface area contributed by atoms with Crippen molar-refractivity contribution in [2.24, 2.45) is 17.8 Å². The van der Waals surface area contributed by atoms with Crippen LogP contribution in [0.3, 0.4) is 0 Å². The zero-order valence-electron chi connectivity index (χ0n) is 12.2. The van der Waals surface area contributed by atoms with Crippen LogP contribution in [0.1, 0.15) is 44.9 Å². The van der Waals surface area contributed by atoms with Gasteiger partial charge in [0.15, 0.2) is 0 Å². The fourth-order valence-electron chi connectivity index (χ4n) is 3.65. The smallest absolute Gasteiger partial charge is 0.0443 e. The summed E-state index contributed by atoms with van der Waals surface area (Å²) in [5.41, 5.74) is 0. The van der Waals surface area contributed by atoms with E-state index in [2.05, 4.69) is 10.2 Å². The summed E-state index contributed by atoms with van der Waals surface area (Å²) in [4.78, 5) is 2.73. The fourth-order valence-corrected chi connectivity index (χ4v) is 3.65. The Hall–Kier alpha value is -0.120. The summed E-state index contributed by atoms with van der Waals surface area (Å²) >= 11 is 0. The Balaban J connectivity index is 1.46. The lowest BCUT2D eigenvalue weighted by Gasteiger charge is -2.38. The Morgan fingerprint density at radius 2 is 1.79 bits per heavy atom. The van der Waals surface area contributed by atoms with Gasteiger partial charge >= 0.3 is 0 Å². The number of piperidine rings is 1. The first kappa shape index (κ1) is 13.8. The van der Waals surface area contributed by atoms with Gasteiger partial charge in [-0.2, -0.15) is 0 Å². The van der Waals surface area contributed by atoms with E-state index in [9.17, 15) is 0 Å². The molecule has 3 rings (SSSR count). The van der Waals surface area contributed by atoms with Crippen molar-refractivity contribution in [1.29, 1.82) is 0 Å². The van der Waals surface area contributed by atoms with Gasteiger partial charge in [-0.1, -0.05) is 12.8 Å². The van der Waals surface area contributed by atoms with Crippen LogP contribution >= 0.6 is 0 Å². The molecule has 110 valence electrons. The minimum absolute atomic E-state index is 0.316. The van der Waals surface area contributed by atoms with Crippen molar-refractivity contribution in [3.63, 3.8) is 0 Å². The number of hydrogen-bond donors (Lipinski definition) is 2. The molecular formula is C16H30N2O. The second-order valence-electron chi connectivity index (χ2n) is 7.17. The van der Waals surface area contributed by atoms with E-state index < -0.39 is 0 Å². The number of likely N-dealkylation sites (tertiary alicyclic amines) is 1. The third kappa shape index (κ3) is 4.73. The van der Waals surface area contributed by atoms with Crippen LogP contribution in [0, 0.1) is 17.8 Å². The average molecular weight is 266 g/mol. The molecule has 19 heavy (non-hydrogen) atoms. The minimum atomic E-state index is 0.316. The molecule has 3 nitrogen and oxygen atoms in total. The fraction of sp³-hybridized carbons (Fsp3) is 1.00. The van der Waals surface area contributed by atoms with Gasteiger partial charge in [-0.3, -0.25) is 0 Å². The maximum Gasteiger partial charge on any atom is 0.0443 e. The van der Waals surface area contributed by atoms with Crippen molar-refractivity contribution in [2.45, 2.75) is 51.0 Å². The van der Waals surface area contributed by atoms with Crippen molar-refractivity contribution in [1.82, 2.24) is 10.2 Å². The predicted octanol–water partition coefficient (Wildman–Crippen LogP) is 1.86. The highest BCUT2D eigenvalue weighted by Crippen LogP contribution is 2.38. The highest BCUT2D eigenvalue weighted by molar-refractivity contribution is 4.89. The first-order valence-corrected chi connectivity index (χ1v) is 8.40. The standard InChI is InChI=1S/C16H30N2O/c19-7-1-6-17-16-9-15(8-13-2-3-13)11-18(12-16)10-14-4-5-14/h13-17,19H,1-12H2. The summed E-state index contributed by atoms with van der Waals surface area (Å²) in [6.07, 6.45) is 9.64. The zero-order chi connectivity index (χ0) is 13.1. The molecule has 3 aliphatic rings. The van der Waals surface area contributed by atoms with E-state index in [1.54, 1.807) is 0 Å². The Kier molecular flexibility index (Phi) is 4.78. The first-order valence-electron chi connectivity index (χ1n) is 8.40. The van der Waals surface area contributed by atoms with E-state index in [4.69, 9.17) is 5.11 Å². The highest BCUT2D eigenvalue weighted by Gasteiger charge is 2.34. The molecule has 2 N–H and O–H groups in total. The SMILES string of the molecule is OCCCNC1CC(CC2CC2)CN(CC2CC2)C1. The highest BCUT2D eigenvalue weighted by atomic mass is 16.3. The number of rotatable bonds is 8. The molecule has 0 bridgehead atoms. The molecule has 1 heterocycles. The lowest BCUT2D eigenvalue weighted by Crippen LogP contribution is -2.50. The summed E-state index contributed by atoms with van der Waals surface area (Å²) in [6, 6.07) is 0.669. The van der Waals surface area contributed by atoms with E-state index >= 15 is 0 Å². The molecule has 2 unspecified atom stereocenters. The van der Waals surface area contributed by atoms with Crippen LogP contribution in [0.25, 0.3) is 0 Å². The van der Waals surface area contributed by atoms with Crippen LogP contribution < -0.4 is 5.32 Å². The Labute approximate surface area is 117 Å². The second kappa shape index (κ2) is 6.55. The minimum Gasteiger partial charge on any atom is -0.396 e. The molecule has 0 aromatic carbocycles. The topological polar surface area (TPSA) is 35.5 Å². The molecule has 2 atom stereocenters. The van der Waals surface area contributed by atoms with Gasteiger partial charge in [-0.15, -0.1) is 0 Å². The zero-order valence-corrected chi connectivity index (χ0v) is 12.2. The van der Waals surface area contributed by atoms with Gasteiger partial charge in [0.05, 0.1) is 0 Å². The molecule has 0 radical (unpaired) electrons. The van der Waals surface area contributed by atoms with E-state index in [0.29, 0.717) is 12.6 Å². The van der Waals surface area contributed by atoms with Crippen LogP contribution in [0.5, 0.6) is 0 Å². The molecule has 1 saturated heterocycles. The van der Waals surface area contributed by atoms with E-state index in [0.717, 1.165) is 30.7 Å². The number of aliphatic hydroxyl groups is 1. The van der Waals surface area contributed by atoms with Gasteiger partial charge in [0.2, 0.25) is 0 Å². The quantitative estimate of drug-likeness (QED) is 0.658. The monoisotopic (exact) mass is 266 g/mol. The number of aliphatic hydroxyl groups excluding tert-OH is 1. The normalized spacial score (nSPS) is 32.7. The third-order valence-electron chi connectivity index (χ3n) is 4.96. The largest absolute Gasteiger partial charge is 0.396 e. The van der Waals surface area contributed by atoms with Gasteiger partial charge < -0.3 is 15.3 Å². The van der Waals surface area contributed by atoms with Gasteiger partial charge in [0, 0.05) is 32.3 Å². The Bertz CT molecular complexity index is 254. The van der Waals surface area contributed by atoms with Gasteiger partial charge in [-0.25, -0.2) is 0 Å². The molecule has 3 heteroatoms. The van der Waals surface area contributed by atoms with Crippen LogP contribution in [-0.4, -0.2) is 48.8 Å². The van der Waals surface area contributed by atoms with Gasteiger partial charge in [0.1, 0.15) is 0 Å². The molecule has 0 amide bonds. The lowest BCUT2D eigenvalue weighted by atomic mass is 9.89. The summed E-state index contributed by atoms with van der Waals surface area (Å²) in [6.45, 7) is 5.24. The number of hydrogen-bond acceptors (Lipinski definition) is 3. The van der Waals surface area contributed by atoms with Crippen LogP contribution in [0.2, 0.25) is 0 Å². The van der Waals surface area contributed by atoms with E-state index in [1.165, 1.54) is 58.2 Å². The van der Waals surface area contributed by atoms with Crippen molar-refractivity contribution in [3.05, 3.63) is 0 Å². The molecule has 1 aliphatic heterocycles. The molecule has 0 aromatic rings. The summed E-state index contributed by atoms with van der Waals surface area (Å²) in [5, 5.41) is 12.6.